The number of anilines is 1. The second-order valence-corrected chi connectivity index (χ2v) is 6.84. The topological polar surface area (TPSA) is 38.1 Å². The number of nitrogens with zero attached hydrogens (tertiary/aromatic N) is 3. The van der Waals surface area contributed by atoms with Gasteiger partial charge >= 0.3 is 0 Å². The van der Waals surface area contributed by atoms with Crippen LogP contribution in [0.25, 0.3) is 6.08 Å². The molecule has 0 aliphatic carbocycles. The monoisotopic (exact) mass is 335 g/mol. The molecule has 2 aromatic rings. The lowest BCUT2D eigenvalue weighted by atomic mass is 9.96. The Morgan fingerprint density at radius 1 is 1.41 bits per heavy atom. The van der Waals surface area contributed by atoms with Crippen LogP contribution < -0.4 is 10.5 Å². The predicted octanol–water partition coefficient (Wildman–Crippen LogP) is 3.43. The van der Waals surface area contributed by atoms with Crippen LogP contribution in [0.3, 0.4) is 0 Å². The summed E-state index contributed by atoms with van der Waals surface area (Å²) in [6.45, 7) is 1.72. The number of allylic oxidation sites excluding steroid dienone is 1. The predicted molar refractivity (Wildman–Crippen MR) is 92.8 cm³/mol. The first-order chi connectivity index (χ1) is 10.6. The highest BCUT2D eigenvalue weighted by atomic mass is 35.5. The van der Waals surface area contributed by atoms with Crippen LogP contribution in [0.4, 0.5) is 5.82 Å². The zero-order chi connectivity index (χ0) is 15.5. The van der Waals surface area contributed by atoms with E-state index in [2.05, 4.69) is 22.0 Å². The van der Waals surface area contributed by atoms with Gasteiger partial charge in [0.15, 0.2) is 5.82 Å². The summed E-state index contributed by atoms with van der Waals surface area (Å²) in [4.78, 5) is 19.5. The van der Waals surface area contributed by atoms with Gasteiger partial charge in [-0.15, -0.1) is 11.3 Å². The first-order valence-corrected chi connectivity index (χ1v) is 8.58. The zero-order valence-electron chi connectivity index (χ0n) is 12.4. The maximum absolute atomic E-state index is 12.1. The molecule has 0 aromatic carbocycles. The molecule has 0 unspecified atom stereocenters. The standard InChI is InChI=1S/C16H18ClN3OS/c1-19-10-7-18-15(16(19)21)20-8-4-12(5-9-20)2-3-14-13(17)6-11-22-14/h2-3,6-7,10-12H,4-5,8-9H2,1H3/b3-2+. The third kappa shape index (κ3) is 3.25. The van der Waals surface area contributed by atoms with Crippen LogP contribution in [0.15, 0.2) is 34.7 Å². The highest BCUT2D eigenvalue weighted by Crippen LogP contribution is 2.26. The number of hydrogen-bond donors (Lipinski definition) is 0. The lowest BCUT2D eigenvalue weighted by Gasteiger charge is -2.31. The minimum atomic E-state index is -0.0261. The van der Waals surface area contributed by atoms with Crippen LogP contribution in [-0.2, 0) is 7.05 Å². The van der Waals surface area contributed by atoms with Crippen LogP contribution >= 0.6 is 22.9 Å². The average Bonchev–Trinajstić information content (AvgIpc) is 2.94. The van der Waals surface area contributed by atoms with E-state index in [9.17, 15) is 4.79 Å². The van der Waals surface area contributed by atoms with Crippen LogP contribution in [0.2, 0.25) is 5.02 Å². The van der Waals surface area contributed by atoms with Crippen molar-refractivity contribution in [2.45, 2.75) is 12.8 Å². The second-order valence-electron chi connectivity index (χ2n) is 5.48. The van der Waals surface area contributed by atoms with Gasteiger partial charge in [0.05, 0.1) is 5.02 Å². The first kappa shape index (κ1) is 15.3. The SMILES string of the molecule is Cn1ccnc(N2CCC(/C=C/c3sccc3Cl)CC2)c1=O. The molecule has 1 aliphatic rings. The third-order valence-electron chi connectivity index (χ3n) is 4.00. The maximum atomic E-state index is 12.1. The number of aryl methyl sites for hydroxylation is 1. The van der Waals surface area contributed by atoms with E-state index >= 15 is 0 Å². The third-order valence-corrected chi connectivity index (χ3v) is 5.33. The molecule has 22 heavy (non-hydrogen) atoms. The molecule has 0 bridgehead atoms. The van der Waals surface area contributed by atoms with Gasteiger partial charge in [0.1, 0.15) is 0 Å². The van der Waals surface area contributed by atoms with Gasteiger partial charge in [-0.2, -0.15) is 0 Å². The summed E-state index contributed by atoms with van der Waals surface area (Å²) < 4.78 is 1.58. The molecule has 0 amide bonds. The van der Waals surface area contributed by atoms with Crippen molar-refractivity contribution in [3.05, 3.63) is 50.2 Å². The molecule has 4 nitrogen and oxygen atoms in total. The molecule has 116 valence electrons. The summed E-state index contributed by atoms with van der Waals surface area (Å²) in [5.41, 5.74) is -0.0261. The molecule has 0 saturated carbocycles. The van der Waals surface area contributed by atoms with Crippen molar-refractivity contribution in [1.82, 2.24) is 9.55 Å². The number of thiophene rings is 1. The van der Waals surface area contributed by atoms with Crippen molar-refractivity contribution in [2.24, 2.45) is 13.0 Å². The highest BCUT2D eigenvalue weighted by molar-refractivity contribution is 7.11. The van der Waals surface area contributed by atoms with Crippen LogP contribution in [0.1, 0.15) is 17.7 Å². The first-order valence-electron chi connectivity index (χ1n) is 7.33. The van der Waals surface area contributed by atoms with Crippen LogP contribution in [0, 0.1) is 5.92 Å². The molecular weight excluding hydrogens is 318 g/mol. The van der Waals surface area contributed by atoms with Gasteiger partial charge in [0, 0.05) is 37.4 Å². The van der Waals surface area contributed by atoms with Gasteiger partial charge in [-0.1, -0.05) is 17.7 Å². The smallest absolute Gasteiger partial charge is 0.293 e. The minimum Gasteiger partial charge on any atom is -0.352 e. The van der Waals surface area contributed by atoms with Gasteiger partial charge in [0.2, 0.25) is 0 Å². The fourth-order valence-electron chi connectivity index (χ4n) is 2.65. The molecule has 3 rings (SSSR count). The van der Waals surface area contributed by atoms with Gasteiger partial charge in [-0.3, -0.25) is 4.79 Å². The number of rotatable bonds is 3. The second kappa shape index (κ2) is 6.67. The molecule has 1 aliphatic heterocycles. The van der Waals surface area contributed by atoms with Crippen molar-refractivity contribution < 1.29 is 0 Å². The summed E-state index contributed by atoms with van der Waals surface area (Å²) in [7, 11) is 1.76. The van der Waals surface area contributed by atoms with Crippen LogP contribution in [0.5, 0.6) is 0 Å². The van der Waals surface area contributed by atoms with Crippen molar-refractivity contribution in [3.63, 3.8) is 0 Å². The normalized spacial score (nSPS) is 16.5. The van der Waals surface area contributed by atoms with Gasteiger partial charge in [-0.25, -0.2) is 4.98 Å². The average molecular weight is 336 g/mol. The molecule has 1 fully saturated rings. The minimum absolute atomic E-state index is 0.0261. The van der Waals surface area contributed by atoms with E-state index in [1.165, 1.54) is 0 Å². The largest absolute Gasteiger partial charge is 0.352 e. The lowest BCUT2D eigenvalue weighted by Crippen LogP contribution is -2.38. The number of halogens is 1. The number of aromatic nitrogens is 2. The quantitative estimate of drug-likeness (QED) is 0.862. The van der Waals surface area contributed by atoms with Crippen molar-refractivity contribution in [1.29, 1.82) is 0 Å². The van der Waals surface area contributed by atoms with Gasteiger partial charge in [0.25, 0.3) is 5.56 Å². The highest BCUT2D eigenvalue weighted by Gasteiger charge is 2.20. The van der Waals surface area contributed by atoms with Crippen molar-refractivity contribution >= 4 is 34.8 Å². The summed E-state index contributed by atoms with van der Waals surface area (Å²) in [5, 5.41) is 2.82. The molecule has 1 saturated heterocycles. The van der Waals surface area contributed by atoms with Gasteiger partial charge in [-0.05, 0) is 36.3 Å². The Labute approximate surface area is 138 Å². The molecule has 0 atom stereocenters. The molecule has 0 spiro atoms. The summed E-state index contributed by atoms with van der Waals surface area (Å²) in [6, 6.07) is 1.92. The zero-order valence-corrected chi connectivity index (χ0v) is 14.0. The maximum Gasteiger partial charge on any atom is 0.293 e. The fraction of sp³-hybridized carbons (Fsp3) is 0.375. The fourth-order valence-corrected chi connectivity index (χ4v) is 3.68. The van der Waals surface area contributed by atoms with Gasteiger partial charge < -0.3 is 9.47 Å². The van der Waals surface area contributed by atoms with E-state index in [1.54, 1.807) is 35.3 Å². The Morgan fingerprint density at radius 3 is 2.86 bits per heavy atom. The Kier molecular flexibility index (Phi) is 4.64. The van der Waals surface area contributed by atoms with Crippen LogP contribution in [-0.4, -0.2) is 22.6 Å². The van der Waals surface area contributed by atoms with Crippen molar-refractivity contribution in [3.8, 4) is 0 Å². The van der Waals surface area contributed by atoms with E-state index in [1.807, 2.05) is 11.4 Å². The lowest BCUT2D eigenvalue weighted by molar-refractivity contribution is 0.476. The van der Waals surface area contributed by atoms with E-state index in [-0.39, 0.29) is 5.56 Å². The van der Waals surface area contributed by atoms with E-state index in [4.69, 9.17) is 11.6 Å². The molecule has 2 aromatic heterocycles. The molecule has 6 heteroatoms. The Morgan fingerprint density at radius 2 is 2.18 bits per heavy atom. The number of piperidine rings is 1. The molecule has 0 N–H and O–H groups in total. The van der Waals surface area contributed by atoms with E-state index in [0.717, 1.165) is 35.8 Å². The Bertz CT molecular complexity index is 729. The van der Waals surface area contributed by atoms with Crippen molar-refractivity contribution in [2.75, 3.05) is 18.0 Å². The summed E-state index contributed by atoms with van der Waals surface area (Å²) in [6.07, 6.45) is 9.78. The summed E-state index contributed by atoms with van der Waals surface area (Å²) in [5.74, 6) is 1.09. The Balaban J connectivity index is 1.63. The van der Waals surface area contributed by atoms with E-state index < -0.39 is 0 Å². The molecule has 3 heterocycles. The Hall–Kier alpha value is -1.59. The number of hydrogen-bond acceptors (Lipinski definition) is 4. The molecule has 0 radical (unpaired) electrons. The summed E-state index contributed by atoms with van der Waals surface area (Å²) >= 11 is 7.75. The van der Waals surface area contributed by atoms with E-state index in [0.29, 0.717) is 11.7 Å². The molecular formula is C16H18ClN3OS.